The van der Waals surface area contributed by atoms with Crippen LogP contribution in [0.4, 0.5) is 0 Å². The Morgan fingerprint density at radius 1 is 1.00 bits per heavy atom. The van der Waals surface area contributed by atoms with Crippen LogP contribution in [0.5, 0.6) is 0 Å². The zero-order valence-electron chi connectivity index (χ0n) is 11.9. The number of thioether (sulfide) groups is 1. The van der Waals surface area contributed by atoms with Gasteiger partial charge in [0.25, 0.3) is 0 Å². The topological polar surface area (TPSA) is 91.3 Å². The van der Waals surface area contributed by atoms with Gasteiger partial charge in [0.1, 0.15) is 0 Å². The van der Waals surface area contributed by atoms with Gasteiger partial charge in [-0.2, -0.15) is 0 Å². The average Bonchev–Trinajstić information content (AvgIpc) is 2.59. The van der Waals surface area contributed by atoms with Crippen molar-refractivity contribution in [2.24, 2.45) is 0 Å². The molecular weight excluding hydrogens is 306 g/mol. The molecular formula is C14H13N3O4S. The molecule has 0 aromatic carbocycles. The summed E-state index contributed by atoms with van der Waals surface area (Å²) in [6.45, 7) is 0. The molecule has 0 amide bonds. The van der Waals surface area contributed by atoms with E-state index in [-0.39, 0.29) is 5.16 Å². The number of nitrogens with zero attached hydrogens (tertiary/aromatic N) is 3. The van der Waals surface area contributed by atoms with Gasteiger partial charge < -0.3 is 9.47 Å². The lowest BCUT2D eigenvalue weighted by Crippen LogP contribution is -2.29. The molecule has 0 unspecified atom stereocenters. The maximum Gasteiger partial charge on any atom is 0.330 e. The van der Waals surface area contributed by atoms with Crippen molar-refractivity contribution in [3.63, 3.8) is 0 Å². The number of hydrogen-bond acceptors (Lipinski definition) is 8. The Morgan fingerprint density at radius 2 is 1.73 bits per heavy atom. The van der Waals surface area contributed by atoms with Gasteiger partial charge in [-0.1, -0.05) is 17.8 Å². The molecule has 0 fully saturated rings. The van der Waals surface area contributed by atoms with E-state index in [1.54, 1.807) is 24.4 Å². The van der Waals surface area contributed by atoms with E-state index >= 15 is 0 Å². The van der Waals surface area contributed by atoms with E-state index < -0.39 is 17.2 Å². The van der Waals surface area contributed by atoms with Gasteiger partial charge in [0.2, 0.25) is 5.25 Å². The number of carbonyl (C=O) groups excluding carboxylic acids is 2. The Morgan fingerprint density at radius 3 is 2.32 bits per heavy atom. The van der Waals surface area contributed by atoms with Crippen molar-refractivity contribution >= 4 is 23.7 Å². The number of aromatic nitrogens is 3. The molecule has 0 saturated carbocycles. The fourth-order valence-corrected chi connectivity index (χ4v) is 2.43. The van der Waals surface area contributed by atoms with Crippen LogP contribution >= 0.6 is 11.8 Å². The van der Waals surface area contributed by atoms with Crippen LogP contribution in [0.3, 0.4) is 0 Å². The smallest absolute Gasteiger partial charge is 0.330 e. The first kappa shape index (κ1) is 15.9. The van der Waals surface area contributed by atoms with Gasteiger partial charge in [0, 0.05) is 12.4 Å². The van der Waals surface area contributed by atoms with Crippen LogP contribution in [0.2, 0.25) is 0 Å². The highest BCUT2D eigenvalue weighted by atomic mass is 32.2. The monoisotopic (exact) mass is 319 g/mol. The van der Waals surface area contributed by atoms with Gasteiger partial charge in [0.05, 0.1) is 25.6 Å². The molecule has 0 bridgehead atoms. The first-order chi connectivity index (χ1) is 10.7. The van der Waals surface area contributed by atoms with E-state index in [0.29, 0.717) is 11.4 Å². The largest absolute Gasteiger partial charge is 0.468 e. The van der Waals surface area contributed by atoms with Crippen molar-refractivity contribution in [3.8, 4) is 11.4 Å². The maximum atomic E-state index is 11.7. The highest BCUT2D eigenvalue weighted by Crippen LogP contribution is 2.23. The Kier molecular flexibility index (Phi) is 5.42. The molecule has 0 aliphatic rings. The fourth-order valence-electron chi connectivity index (χ4n) is 1.57. The Bertz CT molecular complexity index is 650. The highest BCUT2D eigenvalue weighted by Gasteiger charge is 2.31. The number of ether oxygens (including phenoxy) is 2. The summed E-state index contributed by atoms with van der Waals surface area (Å²) >= 11 is 0.864. The molecule has 2 rings (SSSR count). The zero-order valence-corrected chi connectivity index (χ0v) is 12.7. The standard InChI is InChI=1S/C14H13N3O4S/c1-20-12(18)11(13(19)21-2)22-14-16-8-6-10(17-14)9-5-3-4-7-15-9/h3-8,11H,1-2H3. The van der Waals surface area contributed by atoms with Crippen LogP contribution in [0.25, 0.3) is 11.4 Å². The van der Waals surface area contributed by atoms with Gasteiger partial charge in [-0.05, 0) is 18.2 Å². The number of carbonyl (C=O) groups is 2. The number of rotatable bonds is 5. The summed E-state index contributed by atoms with van der Waals surface area (Å²) in [7, 11) is 2.40. The summed E-state index contributed by atoms with van der Waals surface area (Å²) in [5.74, 6) is -1.44. The van der Waals surface area contributed by atoms with E-state index in [1.807, 2.05) is 6.07 Å². The molecule has 7 nitrogen and oxygen atoms in total. The lowest BCUT2D eigenvalue weighted by atomic mass is 10.3. The van der Waals surface area contributed by atoms with Gasteiger partial charge in [-0.25, -0.2) is 9.97 Å². The second-order valence-corrected chi connectivity index (χ2v) is 5.06. The van der Waals surface area contributed by atoms with Crippen LogP contribution < -0.4 is 0 Å². The van der Waals surface area contributed by atoms with Crippen molar-refractivity contribution in [1.29, 1.82) is 0 Å². The Hall–Kier alpha value is -2.48. The second-order valence-electron chi connectivity index (χ2n) is 3.98. The Balaban J connectivity index is 2.25. The molecule has 2 aromatic rings. The zero-order chi connectivity index (χ0) is 15.9. The first-order valence-corrected chi connectivity index (χ1v) is 7.10. The predicted molar refractivity (Wildman–Crippen MR) is 78.9 cm³/mol. The molecule has 8 heteroatoms. The molecule has 0 atom stereocenters. The molecule has 0 aliphatic carbocycles. The second kappa shape index (κ2) is 7.51. The lowest BCUT2D eigenvalue weighted by Gasteiger charge is -2.11. The van der Waals surface area contributed by atoms with Gasteiger partial charge in [0.15, 0.2) is 5.16 Å². The van der Waals surface area contributed by atoms with Crippen LogP contribution in [0.1, 0.15) is 0 Å². The molecule has 114 valence electrons. The normalized spacial score (nSPS) is 10.3. The minimum Gasteiger partial charge on any atom is -0.468 e. The minimum atomic E-state index is -1.17. The summed E-state index contributed by atoms with van der Waals surface area (Å²) < 4.78 is 9.19. The third-order valence-electron chi connectivity index (χ3n) is 2.61. The number of pyridine rings is 1. The summed E-state index contributed by atoms with van der Waals surface area (Å²) in [5.41, 5.74) is 1.26. The highest BCUT2D eigenvalue weighted by molar-refractivity contribution is 8.01. The lowest BCUT2D eigenvalue weighted by molar-refractivity contribution is -0.150. The van der Waals surface area contributed by atoms with Crippen LogP contribution in [-0.2, 0) is 19.1 Å². The van der Waals surface area contributed by atoms with Crippen LogP contribution in [0, 0.1) is 0 Å². The van der Waals surface area contributed by atoms with Gasteiger partial charge >= 0.3 is 11.9 Å². The number of hydrogen-bond donors (Lipinski definition) is 0. The molecule has 0 spiro atoms. The van der Waals surface area contributed by atoms with E-state index in [4.69, 9.17) is 0 Å². The molecule has 2 aromatic heterocycles. The number of esters is 2. The third-order valence-corrected chi connectivity index (χ3v) is 3.64. The van der Waals surface area contributed by atoms with Gasteiger partial charge in [-0.15, -0.1) is 0 Å². The van der Waals surface area contributed by atoms with E-state index in [2.05, 4.69) is 24.4 Å². The summed E-state index contributed by atoms with van der Waals surface area (Å²) in [4.78, 5) is 35.8. The van der Waals surface area contributed by atoms with Crippen LogP contribution in [0.15, 0.2) is 41.8 Å². The third kappa shape index (κ3) is 3.79. The molecule has 0 aliphatic heterocycles. The van der Waals surface area contributed by atoms with Crippen LogP contribution in [-0.4, -0.2) is 46.4 Å². The SMILES string of the molecule is COC(=O)C(Sc1nccc(-c2ccccn2)n1)C(=O)OC. The van der Waals surface area contributed by atoms with Crippen molar-refractivity contribution in [1.82, 2.24) is 15.0 Å². The number of methoxy groups -OCH3 is 2. The summed E-state index contributed by atoms with van der Waals surface area (Å²) in [6.07, 6.45) is 3.18. The molecule has 0 radical (unpaired) electrons. The Labute approximate surface area is 131 Å². The molecule has 0 saturated heterocycles. The maximum absolute atomic E-state index is 11.7. The molecule has 22 heavy (non-hydrogen) atoms. The quantitative estimate of drug-likeness (QED) is 0.353. The van der Waals surface area contributed by atoms with Crippen molar-refractivity contribution in [2.45, 2.75) is 10.4 Å². The van der Waals surface area contributed by atoms with Gasteiger partial charge in [-0.3, -0.25) is 14.6 Å². The predicted octanol–water partition coefficient (Wildman–Crippen LogP) is 1.35. The van der Waals surface area contributed by atoms with Crippen molar-refractivity contribution in [2.75, 3.05) is 14.2 Å². The van der Waals surface area contributed by atoms with E-state index in [9.17, 15) is 9.59 Å². The minimum absolute atomic E-state index is 0.254. The van der Waals surface area contributed by atoms with E-state index in [1.165, 1.54) is 20.4 Å². The van der Waals surface area contributed by atoms with Crippen molar-refractivity contribution in [3.05, 3.63) is 36.7 Å². The fraction of sp³-hybridized carbons (Fsp3) is 0.214. The van der Waals surface area contributed by atoms with E-state index in [0.717, 1.165) is 11.8 Å². The molecule has 0 N–H and O–H groups in total. The average molecular weight is 319 g/mol. The summed E-state index contributed by atoms with van der Waals surface area (Å²) in [5, 5.41) is -0.919. The van der Waals surface area contributed by atoms with Crippen molar-refractivity contribution < 1.29 is 19.1 Å². The molecule has 2 heterocycles. The summed E-state index contributed by atoms with van der Waals surface area (Å²) in [6, 6.07) is 7.13. The first-order valence-electron chi connectivity index (χ1n) is 6.22.